The molecule has 2 aromatic rings. The maximum atomic E-state index is 11.4. The minimum atomic E-state index is -0.354. The predicted octanol–water partition coefficient (Wildman–Crippen LogP) is 2.08. The number of carbonyl (C=O) groups is 1. The summed E-state index contributed by atoms with van der Waals surface area (Å²) in [5.74, 6) is 1.03. The molecule has 1 unspecified atom stereocenters. The van der Waals surface area contributed by atoms with E-state index in [-0.39, 0.29) is 5.91 Å². The predicted molar refractivity (Wildman–Crippen MR) is 78.7 cm³/mol. The lowest BCUT2D eigenvalue weighted by Crippen LogP contribution is -2.46. The fraction of sp³-hybridized carbons (Fsp3) is 0.438. The van der Waals surface area contributed by atoms with E-state index < -0.39 is 0 Å². The molecule has 3 fully saturated rings. The van der Waals surface area contributed by atoms with Crippen molar-refractivity contribution in [2.45, 2.75) is 18.8 Å². The molecule has 5 rings (SSSR count). The Bertz CT molecular complexity index is 667. The van der Waals surface area contributed by atoms with Gasteiger partial charge in [0.25, 0.3) is 0 Å². The molecule has 0 aliphatic carbocycles. The highest BCUT2D eigenvalue weighted by atomic mass is 16.1. The number of nitrogens with one attached hydrogen (secondary N) is 1. The number of hydrogen-bond acceptors (Lipinski definition) is 2. The Morgan fingerprint density at radius 1 is 1.30 bits per heavy atom. The average molecular weight is 269 g/mol. The Hall–Kier alpha value is -1.81. The third-order valence-electron chi connectivity index (χ3n) is 5.05. The number of nitrogens with zero attached hydrogens (tertiary/aromatic N) is 1. The van der Waals surface area contributed by atoms with Gasteiger partial charge in [-0.2, -0.15) is 0 Å². The smallest absolute Gasteiger partial charge is 0.248 e. The van der Waals surface area contributed by atoms with Crippen LogP contribution in [0, 0.1) is 5.92 Å². The van der Waals surface area contributed by atoms with Crippen LogP contribution in [-0.2, 0) is 0 Å². The third kappa shape index (κ3) is 1.75. The van der Waals surface area contributed by atoms with Gasteiger partial charge in [-0.3, -0.25) is 4.79 Å². The molecule has 4 nitrogen and oxygen atoms in total. The fourth-order valence-corrected chi connectivity index (χ4v) is 3.92. The molecule has 104 valence electrons. The van der Waals surface area contributed by atoms with E-state index in [0.717, 1.165) is 18.0 Å². The zero-order valence-electron chi connectivity index (χ0n) is 11.4. The molecule has 0 saturated carbocycles. The summed E-state index contributed by atoms with van der Waals surface area (Å²) in [5, 5.41) is 1.17. The second kappa shape index (κ2) is 4.35. The maximum Gasteiger partial charge on any atom is 0.248 e. The molecule has 1 amide bonds. The van der Waals surface area contributed by atoms with Gasteiger partial charge in [-0.25, -0.2) is 0 Å². The van der Waals surface area contributed by atoms with Gasteiger partial charge in [-0.1, -0.05) is 0 Å². The van der Waals surface area contributed by atoms with E-state index in [9.17, 15) is 4.79 Å². The van der Waals surface area contributed by atoms with Crippen molar-refractivity contribution in [3.05, 3.63) is 35.5 Å². The van der Waals surface area contributed by atoms with Crippen LogP contribution in [0.15, 0.2) is 24.4 Å². The van der Waals surface area contributed by atoms with E-state index in [1.54, 1.807) is 6.07 Å². The van der Waals surface area contributed by atoms with Gasteiger partial charge in [0.2, 0.25) is 5.91 Å². The van der Waals surface area contributed by atoms with Crippen LogP contribution in [0.1, 0.15) is 34.7 Å². The number of benzene rings is 1. The Kier molecular flexibility index (Phi) is 2.60. The van der Waals surface area contributed by atoms with E-state index in [0.29, 0.717) is 11.5 Å². The number of fused-ring (bicyclic) bond motifs is 4. The third-order valence-corrected chi connectivity index (χ3v) is 5.05. The van der Waals surface area contributed by atoms with Gasteiger partial charge in [-0.15, -0.1) is 0 Å². The molecule has 3 aliphatic heterocycles. The number of aromatic nitrogens is 1. The van der Waals surface area contributed by atoms with Crippen LogP contribution < -0.4 is 5.73 Å². The number of rotatable bonds is 2. The highest BCUT2D eigenvalue weighted by molar-refractivity contribution is 5.98. The number of carbonyl (C=O) groups excluding carboxylic acids is 1. The first-order chi connectivity index (χ1) is 9.72. The van der Waals surface area contributed by atoms with Gasteiger partial charge in [-0.05, 0) is 55.6 Å². The number of hydrogen-bond donors (Lipinski definition) is 2. The number of amides is 1. The van der Waals surface area contributed by atoms with Crippen molar-refractivity contribution in [1.29, 1.82) is 0 Å². The quantitative estimate of drug-likeness (QED) is 0.876. The van der Waals surface area contributed by atoms with E-state index in [4.69, 9.17) is 5.73 Å². The SMILES string of the molecule is NC(=O)c1ccc2[nH]cc(C3CN4CCC3CC4)c2c1. The van der Waals surface area contributed by atoms with Crippen LogP contribution in [0.2, 0.25) is 0 Å². The standard InChI is InChI=1S/C16H19N3O/c17-16(20)11-1-2-15-12(7-11)13(8-18-15)14-9-19-5-3-10(14)4-6-19/h1-2,7-8,10,14,18H,3-6,9H2,(H2,17,20). The lowest BCUT2D eigenvalue weighted by molar-refractivity contribution is 0.0876. The van der Waals surface area contributed by atoms with E-state index in [1.165, 1.54) is 36.9 Å². The number of H-pyrrole nitrogens is 1. The van der Waals surface area contributed by atoms with Crippen molar-refractivity contribution in [2.75, 3.05) is 19.6 Å². The van der Waals surface area contributed by atoms with Crippen LogP contribution in [0.25, 0.3) is 10.9 Å². The topological polar surface area (TPSA) is 62.1 Å². The van der Waals surface area contributed by atoms with Gasteiger partial charge in [0.05, 0.1) is 0 Å². The zero-order valence-corrected chi connectivity index (χ0v) is 11.4. The summed E-state index contributed by atoms with van der Waals surface area (Å²) in [5.41, 5.74) is 8.46. The Balaban J connectivity index is 1.79. The van der Waals surface area contributed by atoms with Crippen LogP contribution >= 0.6 is 0 Å². The molecule has 3 N–H and O–H groups in total. The van der Waals surface area contributed by atoms with Crippen molar-refractivity contribution in [3.8, 4) is 0 Å². The molecule has 0 radical (unpaired) electrons. The van der Waals surface area contributed by atoms with Gasteiger partial charge in [0.1, 0.15) is 0 Å². The summed E-state index contributed by atoms with van der Waals surface area (Å²) in [7, 11) is 0. The fourth-order valence-electron chi connectivity index (χ4n) is 3.92. The summed E-state index contributed by atoms with van der Waals surface area (Å²) in [6.07, 6.45) is 4.72. The van der Waals surface area contributed by atoms with Crippen LogP contribution in [0.5, 0.6) is 0 Å². The van der Waals surface area contributed by atoms with Gasteiger partial charge in [0, 0.05) is 35.1 Å². The van der Waals surface area contributed by atoms with E-state index in [2.05, 4.69) is 16.1 Å². The molecule has 20 heavy (non-hydrogen) atoms. The van der Waals surface area contributed by atoms with Crippen molar-refractivity contribution < 1.29 is 4.79 Å². The van der Waals surface area contributed by atoms with Gasteiger partial charge >= 0.3 is 0 Å². The molecule has 0 spiro atoms. The molecule has 1 aromatic heterocycles. The average Bonchev–Trinajstić information content (AvgIpc) is 2.91. The molecule has 3 saturated heterocycles. The lowest BCUT2D eigenvalue weighted by atomic mass is 9.75. The van der Waals surface area contributed by atoms with Crippen LogP contribution in [0.4, 0.5) is 0 Å². The first-order valence-corrected chi connectivity index (χ1v) is 7.35. The molecule has 1 aromatic carbocycles. The van der Waals surface area contributed by atoms with E-state index >= 15 is 0 Å². The molecule has 3 aliphatic rings. The highest BCUT2D eigenvalue weighted by Crippen LogP contribution is 2.41. The number of nitrogens with two attached hydrogens (primary N) is 1. The van der Waals surface area contributed by atoms with Crippen molar-refractivity contribution in [1.82, 2.24) is 9.88 Å². The first kappa shape index (κ1) is 12.0. The zero-order chi connectivity index (χ0) is 13.7. The number of piperidine rings is 3. The summed E-state index contributed by atoms with van der Waals surface area (Å²) < 4.78 is 0. The highest BCUT2D eigenvalue weighted by Gasteiger charge is 2.35. The van der Waals surface area contributed by atoms with Crippen LogP contribution in [-0.4, -0.2) is 35.4 Å². The van der Waals surface area contributed by atoms with Crippen LogP contribution in [0.3, 0.4) is 0 Å². The van der Waals surface area contributed by atoms with Crippen molar-refractivity contribution in [3.63, 3.8) is 0 Å². The summed E-state index contributed by atoms with van der Waals surface area (Å²) in [6, 6.07) is 5.70. The molecular weight excluding hydrogens is 250 g/mol. The second-order valence-corrected chi connectivity index (χ2v) is 6.11. The van der Waals surface area contributed by atoms with Gasteiger partial charge < -0.3 is 15.6 Å². The Labute approximate surface area is 117 Å². The lowest BCUT2D eigenvalue weighted by Gasteiger charge is -2.44. The number of aromatic amines is 1. The second-order valence-electron chi connectivity index (χ2n) is 6.11. The molecular formula is C16H19N3O. The molecule has 4 heterocycles. The molecule has 4 heteroatoms. The first-order valence-electron chi connectivity index (χ1n) is 7.35. The largest absolute Gasteiger partial charge is 0.366 e. The minimum Gasteiger partial charge on any atom is -0.366 e. The van der Waals surface area contributed by atoms with Crippen molar-refractivity contribution in [2.24, 2.45) is 11.7 Å². The summed E-state index contributed by atoms with van der Waals surface area (Å²) in [6.45, 7) is 3.64. The molecule has 1 atom stereocenters. The summed E-state index contributed by atoms with van der Waals surface area (Å²) in [4.78, 5) is 17.3. The van der Waals surface area contributed by atoms with Crippen molar-refractivity contribution >= 4 is 16.8 Å². The normalized spacial score (nSPS) is 28.9. The summed E-state index contributed by atoms with van der Waals surface area (Å²) >= 11 is 0. The minimum absolute atomic E-state index is 0.354. The van der Waals surface area contributed by atoms with Gasteiger partial charge in [0.15, 0.2) is 0 Å². The van der Waals surface area contributed by atoms with E-state index in [1.807, 2.05) is 12.1 Å². The molecule has 2 bridgehead atoms. The monoisotopic (exact) mass is 269 g/mol. The number of primary amides is 1. The maximum absolute atomic E-state index is 11.4. The Morgan fingerprint density at radius 3 is 2.75 bits per heavy atom. The Morgan fingerprint density at radius 2 is 2.10 bits per heavy atom.